The summed E-state index contributed by atoms with van der Waals surface area (Å²) < 4.78 is 3.74. The van der Waals surface area contributed by atoms with Gasteiger partial charge in [0.1, 0.15) is 10.8 Å². The Morgan fingerprint density at radius 1 is 1.19 bits per heavy atom. The van der Waals surface area contributed by atoms with E-state index < -0.39 is 0 Å². The Balaban J connectivity index is 2.12. The van der Waals surface area contributed by atoms with Crippen LogP contribution in [0, 0.1) is 0 Å². The first-order chi connectivity index (χ1) is 10.0. The Kier molecular flexibility index (Phi) is 3.47. The highest BCUT2D eigenvalue weighted by Crippen LogP contribution is 2.25. The monoisotopic (exact) mass is 302 g/mol. The van der Waals surface area contributed by atoms with Crippen molar-refractivity contribution in [1.29, 1.82) is 0 Å². The van der Waals surface area contributed by atoms with Crippen LogP contribution in [-0.4, -0.2) is 29.3 Å². The molecule has 0 aliphatic rings. The van der Waals surface area contributed by atoms with E-state index in [1.165, 1.54) is 0 Å². The maximum absolute atomic E-state index is 6.15. The second-order valence-electron chi connectivity index (χ2n) is 5.08. The summed E-state index contributed by atoms with van der Waals surface area (Å²) in [6.07, 6.45) is 7.16. The Morgan fingerprint density at radius 3 is 2.67 bits per heavy atom. The van der Waals surface area contributed by atoms with E-state index in [-0.39, 0.29) is 6.04 Å². The number of rotatable bonds is 3. The molecular weight excluding hydrogens is 288 g/mol. The molecule has 0 spiro atoms. The zero-order valence-corrected chi connectivity index (χ0v) is 12.8. The number of hydrogen-bond acceptors (Lipinski definition) is 4. The largest absolute Gasteiger partial charge is 0.325 e. The molecule has 0 unspecified atom stereocenters. The van der Waals surface area contributed by atoms with E-state index in [4.69, 9.17) is 11.6 Å². The van der Waals surface area contributed by atoms with Gasteiger partial charge in [0.15, 0.2) is 5.82 Å². The molecule has 0 bridgehead atoms. The smallest absolute Gasteiger partial charge is 0.179 e. The second-order valence-corrected chi connectivity index (χ2v) is 5.47. The van der Waals surface area contributed by atoms with E-state index in [0.29, 0.717) is 11.0 Å². The molecule has 0 fully saturated rings. The van der Waals surface area contributed by atoms with E-state index in [1.807, 2.05) is 17.8 Å². The van der Waals surface area contributed by atoms with Gasteiger partial charge in [0, 0.05) is 30.9 Å². The quantitative estimate of drug-likeness (QED) is 0.698. The number of aromatic nitrogens is 6. The molecule has 0 atom stereocenters. The van der Waals surface area contributed by atoms with Crippen molar-refractivity contribution in [2.75, 3.05) is 0 Å². The Morgan fingerprint density at radius 2 is 2.00 bits per heavy atom. The van der Waals surface area contributed by atoms with Crippen molar-refractivity contribution in [2.24, 2.45) is 7.05 Å². The minimum Gasteiger partial charge on any atom is -0.325 e. The minimum absolute atomic E-state index is 0.270. The van der Waals surface area contributed by atoms with E-state index in [1.54, 1.807) is 29.5 Å². The van der Waals surface area contributed by atoms with E-state index in [9.17, 15) is 0 Å². The van der Waals surface area contributed by atoms with Crippen LogP contribution in [0.3, 0.4) is 0 Å². The van der Waals surface area contributed by atoms with E-state index >= 15 is 0 Å². The Bertz CT molecular complexity index is 773. The molecule has 0 N–H and O–H groups in total. The van der Waals surface area contributed by atoms with Crippen molar-refractivity contribution >= 4 is 11.6 Å². The molecule has 0 aliphatic carbocycles. The van der Waals surface area contributed by atoms with Crippen molar-refractivity contribution in [3.8, 4) is 22.8 Å². The lowest BCUT2D eigenvalue weighted by atomic mass is 10.2. The van der Waals surface area contributed by atoms with Crippen LogP contribution in [0.15, 0.2) is 31.0 Å². The van der Waals surface area contributed by atoms with Crippen molar-refractivity contribution in [3.05, 3.63) is 36.1 Å². The van der Waals surface area contributed by atoms with Gasteiger partial charge < -0.3 is 4.57 Å². The van der Waals surface area contributed by atoms with Crippen LogP contribution < -0.4 is 0 Å². The molecule has 6 nitrogen and oxygen atoms in total. The van der Waals surface area contributed by atoms with Gasteiger partial charge in [0.2, 0.25) is 0 Å². The number of halogens is 1. The first-order valence-electron chi connectivity index (χ1n) is 6.60. The molecule has 0 aliphatic heterocycles. The van der Waals surface area contributed by atoms with Crippen molar-refractivity contribution in [3.63, 3.8) is 0 Å². The summed E-state index contributed by atoms with van der Waals surface area (Å²) in [4.78, 5) is 13.1. The molecule has 3 aromatic heterocycles. The van der Waals surface area contributed by atoms with Crippen LogP contribution in [0.1, 0.15) is 19.9 Å². The summed E-state index contributed by atoms with van der Waals surface area (Å²) in [5, 5.41) is 4.55. The normalized spacial score (nSPS) is 11.3. The molecule has 3 rings (SSSR count). The molecule has 0 aromatic carbocycles. The lowest BCUT2D eigenvalue weighted by Crippen LogP contribution is -2.03. The van der Waals surface area contributed by atoms with Crippen LogP contribution in [0.25, 0.3) is 22.8 Å². The number of imidazole rings is 1. The van der Waals surface area contributed by atoms with Gasteiger partial charge in [-0.1, -0.05) is 11.6 Å². The standard InChI is InChI=1S/C14H15ClN6/c1-9(2)21-8-16-6-12(21)14-18-11(4-13(15)19-14)10-5-17-20(3)7-10/h4-9H,1-3H3. The molecule has 0 amide bonds. The summed E-state index contributed by atoms with van der Waals surface area (Å²) in [6.45, 7) is 4.16. The third-order valence-corrected chi connectivity index (χ3v) is 3.34. The highest BCUT2D eigenvalue weighted by molar-refractivity contribution is 6.29. The zero-order valence-electron chi connectivity index (χ0n) is 12.0. The van der Waals surface area contributed by atoms with Crippen molar-refractivity contribution in [2.45, 2.75) is 19.9 Å². The van der Waals surface area contributed by atoms with Gasteiger partial charge in [-0.25, -0.2) is 15.0 Å². The lowest BCUT2D eigenvalue weighted by molar-refractivity contribution is 0.603. The van der Waals surface area contributed by atoms with Crippen molar-refractivity contribution < 1.29 is 0 Å². The van der Waals surface area contributed by atoms with Gasteiger partial charge in [0.05, 0.1) is 24.4 Å². The predicted octanol–water partition coefficient (Wildman–Crippen LogP) is 2.97. The topological polar surface area (TPSA) is 61.4 Å². The second kappa shape index (κ2) is 5.29. The summed E-state index contributed by atoms with van der Waals surface area (Å²) in [5.74, 6) is 0.563. The van der Waals surface area contributed by atoms with Crippen LogP contribution in [0.2, 0.25) is 5.15 Å². The fraction of sp³-hybridized carbons (Fsp3) is 0.286. The third kappa shape index (κ3) is 2.67. The SMILES string of the molecule is CC(C)n1cncc1-c1nc(Cl)cc(-c2cnn(C)c2)n1. The minimum atomic E-state index is 0.270. The highest BCUT2D eigenvalue weighted by atomic mass is 35.5. The van der Waals surface area contributed by atoms with Crippen LogP contribution in [0.5, 0.6) is 0 Å². The number of nitrogens with zero attached hydrogens (tertiary/aromatic N) is 6. The molecule has 3 heterocycles. The molecule has 108 valence electrons. The summed E-state index contributed by atoms with van der Waals surface area (Å²) in [5.41, 5.74) is 2.49. The maximum Gasteiger partial charge on any atom is 0.179 e. The van der Waals surface area contributed by atoms with Gasteiger partial charge in [-0.15, -0.1) is 0 Å². The zero-order chi connectivity index (χ0) is 15.0. The van der Waals surface area contributed by atoms with E-state index in [0.717, 1.165) is 17.0 Å². The first-order valence-corrected chi connectivity index (χ1v) is 6.98. The van der Waals surface area contributed by atoms with Gasteiger partial charge in [-0.3, -0.25) is 4.68 Å². The third-order valence-electron chi connectivity index (χ3n) is 3.15. The first kappa shape index (κ1) is 13.8. The molecule has 0 saturated heterocycles. The molecule has 0 saturated carbocycles. The summed E-state index contributed by atoms with van der Waals surface area (Å²) >= 11 is 6.15. The molecule has 21 heavy (non-hydrogen) atoms. The summed E-state index contributed by atoms with van der Waals surface area (Å²) in [7, 11) is 1.86. The maximum atomic E-state index is 6.15. The lowest BCUT2D eigenvalue weighted by Gasteiger charge is -2.11. The number of hydrogen-bond donors (Lipinski definition) is 0. The Labute approximate surface area is 127 Å². The highest BCUT2D eigenvalue weighted by Gasteiger charge is 2.14. The summed E-state index contributed by atoms with van der Waals surface area (Å²) in [6, 6.07) is 2.00. The molecule has 3 aromatic rings. The van der Waals surface area contributed by atoms with Crippen LogP contribution in [-0.2, 0) is 7.05 Å². The van der Waals surface area contributed by atoms with Gasteiger partial charge >= 0.3 is 0 Å². The predicted molar refractivity (Wildman–Crippen MR) is 80.9 cm³/mol. The average Bonchev–Trinajstić information content (AvgIpc) is 3.06. The van der Waals surface area contributed by atoms with Crippen molar-refractivity contribution in [1.82, 2.24) is 29.3 Å². The fourth-order valence-electron chi connectivity index (χ4n) is 2.12. The van der Waals surface area contributed by atoms with Gasteiger partial charge in [0.25, 0.3) is 0 Å². The molecule has 0 radical (unpaired) electrons. The van der Waals surface area contributed by atoms with E-state index in [2.05, 4.69) is 33.9 Å². The van der Waals surface area contributed by atoms with Gasteiger partial charge in [-0.2, -0.15) is 5.10 Å². The van der Waals surface area contributed by atoms with Crippen LogP contribution >= 0.6 is 11.6 Å². The molecule has 7 heteroatoms. The Hall–Kier alpha value is -2.21. The van der Waals surface area contributed by atoms with Crippen LogP contribution in [0.4, 0.5) is 0 Å². The number of aryl methyl sites for hydroxylation is 1. The average molecular weight is 303 g/mol. The molecular formula is C14H15ClN6. The fourth-order valence-corrected chi connectivity index (χ4v) is 2.31. The van der Waals surface area contributed by atoms with Gasteiger partial charge in [-0.05, 0) is 13.8 Å².